The lowest BCUT2D eigenvalue weighted by atomic mass is 9.92. The molecule has 57 heavy (non-hydrogen) atoms. The number of benzene rings is 4. The molecule has 10 unspecified atom stereocenters. The minimum absolute atomic E-state index is 0.0341. The minimum Gasteiger partial charge on any atom is -0.478 e. The second kappa shape index (κ2) is 17.3. The number of amides is 1. The Morgan fingerprint density at radius 3 is 1.82 bits per heavy atom. The molecule has 6 rings (SSSR count). The van der Waals surface area contributed by atoms with Gasteiger partial charge in [-0.3, -0.25) is 4.79 Å². The summed E-state index contributed by atoms with van der Waals surface area (Å²) >= 11 is 0. The molecule has 2 fully saturated rings. The number of hydrogen-bond donors (Lipinski definition) is 10. The number of rotatable bonds is 12. The number of nitrogens with one attached hydrogen (secondary N) is 1. The standard InChI is InChI=1S/C40H41NO16/c1-18(44)41-31-34(47)32(45)29(16-42)56-39(31)54-27-8-3-2-7-24(27)20-9-11-23(26(14-20)38(52)53)21-10-12-25(19-5-4-6-22(13-19)37(50)51)28(15-21)55-40-36(49)35(48)33(46)30(17-43)57-40/h2-15,29-36,39-40,42-43,45-49H,16-17H2,1H3,(H,41,44)(H,50,51)(H,52,53). The summed E-state index contributed by atoms with van der Waals surface area (Å²) in [6.07, 6.45) is -13.9. The van der Waals surface area contributed by atoms with Crippen LogP contribution in [-0.2, 0) is 14.3 Å². The van der Waals surface area contributed by atoms with Gasteiger partial charge in [0.1, 0.15) is 60.3 Å². The van der Waals surface area contributed by atoms with E-state index in [9.17, 15) is 60.3 Å². The Morgan fingerprint density at radius 2 is 1.18 bits per heavy atom. The average Bonchev–Trinajstić information content (AvgIpc) is 3.20. The molecule has 4 aromatic carbocycles. The first kappa shape index (κ1) is 41.2. The average molecular weight is 792 g/mol. The fourth-order valence-corrected chi connectivity index (χ4v) is 6.78. The van der Waals surface area contributed by atoms with E-state index in [2.05, 4.69) is 5.32 Å². The van der Waals surface area contributed by atoms with Crippen molar-refractivity contribution in [2.75, 3.05) is 13.2 Å². The zero-order chi connectivity index (χ0) is 41.1. The highest BCUT2D eigenvalue weighted by Crippen LogP contribution is 2.40. The van der Waals surface area contributed by atoms with Gasteiger partial charge >= 0.3 is 11.9 Å². The second-order valence-corrected chi connectivity index (χ2v) is 13.5. The minimum atomic E-state index is -1.80. The van der Waals surface area contributed by atoms with Crippen molar-refractivity contribution in [1.29, 1.82) is 0 Å². The predicted octanol–water partition coefficient (Wildman–Crippen LogP) is 0.585. The summed E-state index contributed by atoms with van der Waals surface area (Å²) in [6.45, 7) is -0.189. The first-order valence-electron chi connectivity index (χ1n) is 17.7. The van der Waals surface area contributed by atoms with Crippen molar-refractivity contribution in [3.8, 4) is 44.9 Å². The maximum Gasteiger partial charge on any atom is 0.336 e. The molecule has 2 heterocycles. The van der Waals surface area contributed by atoms with Crippen molar-refractivity contribution in [1.82, 2.24) is 5.32 Å². The number of carboxylic acids is 2. The molecule has 0 spiro atoms. The Hall–Kier alpha value is -5.47. The molecule has 0 radical (unpaired) electrons. The topological polar surface area (TPSA) is 282 Å². The van der Waals surface area contributed by atoms with Gasteiger partial charge in [-0.05, 0) is 52.6 Å². The van der Waals surface area contributed by atoms with Crippen molar-refractivity contribution in [2.45, 2.75) is 68.3 Å². The quantitative estimate of drug-likeness (QED) is 0.0940. The second-order valence-electron chi connectivity index (χ2n) is 13.5. The fraction of sp³-hybridized carbons (Fsp3) is 0.325. The predicted molar refractivity (Wildman–Crippen MR) is 197 cm³/mol. The molecule has 17 heteroatoms. The molecule has 10 N–H and O–H groups in total. The van der Waals surface area contributed by atoms with Crippen LogP contribution in [0.15, 0.2) is 84.9 Å². The smallest absolute Gasteiger partial charge is 0.336 e. The SMILES string of the molecule is CC(=O)NC1C(Oc2ccccc2-c2ccc(-c3ccc(-c4cccc(C(=O)O)c4)c(OC4OC(CO)C(O)C(O)C4O)c3)c(C(=O)O)c2)OC(CO)C(O)C1O. The Labute approximate surface area is 324 Å². The molecule has 17 nitrogen and oxygen atoms in total. The van der Waals surface area contributed by atoms with Crippen LogP contribution in [0, 0.1) is 0 Å². The van der Waals surface area contributed by atoms with Crippen molar-refractivity contribution in [3.63, 3.8) is 0 Å². The van der Waals surface area contributed by atoms with Crippen LogP contribution >= 0.6 is 0 Å². The largest absolute Gasteiger partial charge is 0.478 e. The summed E-state index contributed by atoms with van der Waals surface area (Å²) in [5.74, 6) is -2.97. The molecule has 2 saturated heterocycles. The number of aliphatic hydroxyl groups is 7. The van der Waals surface area contributed by atoms with E-state index in [4.69, 9.17) is 18.9 Å². The zero-order valence-electron chi connectivity index (χ0n) is 30.2. The number of carbonyl (C=O) groups excluding carboxylic acids is 1. The van der Waals surface area contributed by atoms with E-state index in [1.807, 2.05) is 0 Å². The van der Waals surface area contributed by atoms with Crippen LogP contribution in [0.5, 0.6) is 11.5 Å². The lowest BCUT2D eigenvalue weighted by Gasteiger charge is -2.42. The Balaban J connectivity index is 1.40. The maximum absolute atomic E-state index is 12.9. The van der Waals surface area contributed by atoms with E-state index in [1.165, 1.54) is 43.3 Å². The molecule has 0 saturated carbocycles. The van der Waals surface area contributed by atoms with E-state index in [1.54, 1.807) is 48.5 Å². The zero-order valence-corrected chi connectivity index (χ0v) is 30.2. The van der Waals surface area contributed by atoms with Crippen molar-refractivity contribution in [2.24, 2.45) is 0 Å². The van der Waals surface area contributed by atoms with Crippen LogP contribution < -0.4 is 14.8 Å². The number of para-hydroxylation sites is 1. The molecule has 4 aromatic rings. The van der Waals surface area contributed by atoms with E-state index in [0.29, 0.717) is 22.3 Å². The van der Waals surface area contributed by atoms with Gasteiger partial charge in [-0.25, -0.2) is 9.59 Å². The summed E-state index contributed by atoms with van der Waals surface area (Å²) in [4.78, 5) is 36.6. The van der Waals surface area contributed by atoms with Gasteiger partial charge in [-0.1, -0.05) is 54.6 Å². The van der Waals surface area contributed by atoms with E-state index < -0.39 is 92.4 Å². The molecular weight excluding hydrogens is 750 g/mol. The highest BCUT2D eigenvalue weighted by Gasteiger charge is 2.47. The van der Waals surface area contributed by atoms with Crippen LogP contribution in [0.1, 0.15) is 27.6 Å². The number of aliphatic hydroxyl groups excluding tert-OH is 7. The highest BCUT2D eigenvalue weighted by atomic mass is 16.7. The van der Waals surface area contributed by atoms with Gasteiger partial charge < -0.3 is 70.2 Å². The molecular formula is C40H41NO16. The molecule has 1 amide bonds. The Morgan fingerprint density at radius 1 is 0.596 bits per heavy atom. The number of carboxylic acid groups (broad SMARTS) is 2. The van der Waals surface area contributed by atoms with Gasteiger partial charge in [0.15, 0.2) is 0 Å². The van der Waals surface area contributed by atoms with E-state index in [0.717, 1.165) is 0 Å². The third-order valence-corrected chi connectivity index (χ3v) is 9.75. The van der Waals surface area contributed by atoms with Crippen LogP contribution in [-0.4, -0.2) is 138 Å². The number of ether oxygens (including phenoxy) is 4. The summed E-state index contributed by atoms with van der Waals surface area (Å²) in [7, 11) is 0. The molecule has 0 aliphatic carbocycles. The summed E-state index contributed by atoms with van der Waals surface area (Å²) in [6, 6.07) is 20.1. The Bertz CT molecular complexity index is 2110. The third kappa shape index (κ3) is 8.62. The third-order valence-electron chi connectivity index (χ3n) is 9.75. The molecule has 2 aliphatic heterocycles. The molecule has 0 aromatic heterocycles. The fourth-order valence-electron chi connectivity index (χ4n) is 6.78. The van der Waals surface area contributed by atoms with Gasteiger partial charge in [0.2, 0.25) is 18.5 Å². The van der Waals surface area contributed by atoms with Gasteiger partial charge in [0, 0.05) is 18.1 Å². The summed E-state index contributed by atoms with van der Waals surface area (Å²) < 4.78 is 23.5. The first-order valence-corrected chi connectivity index (χ1v) is 17.7. The molecule has 0 bridgehead atoms. The van der Waals surface area contributed by atoms with E-state index in [-0.39, 0.29) is 33.8 Å². The molecule has 2 aliphatic rings. The van der Waals surface area contributed by atoms with Crippen molar-refractivity contribution < 1.29 is 79.3 Å². The van der Waals surface area contributed by atoms with Crippen LogP contribution in [0.4, 0.5) is 0 Å². The number of hydrogen-bond acceptors (Lipinski definition) is 14. The van der Waals surface area contributed by atoms with Gasteiger partial charge in [0.05, 0.1) is 24.3 Å². The first-order chi connectivity index (χ1) is 27.2. The van der Waals surface area contributed by atoms with Gasteiger partial charge in [-0.2, -0.15) is 0 Å². The number of aromatic carboxylic acids is 2. The molecule has 302 valence electrons. The van der Waals surface area contributed by atoms with Crippen molar-refractivity contribution in [3.05, 3.63) is 96.1 Å². The molecule has 10 atom stereocenters. The monoisotopic (exact) mass is 791 g/mol. The van der Waals surface area contributed by atoms with Crippen LogP contribution in [0.25, 0.3) is 33.4 Å². The summed E-state index contributed by atoms with van der Waals surface area (Å²) in [5.41, 5.74) is 1.63. The normalized spacial score (nSPS) is 27.3. The lowest BCUT2D eigenvalue weighted by Crippen LogP contribution is -2.65. The maximum atomic E-state index is 12.9. The van der Waals surface area contributed by atoms with Crippen molar-refractivity contribution >= 4 is 17.8 Å². The number of carbonyl (C=O) groups is 3. The summed E-state index contributed by atoms with van der Waals surface area (Å²) in [5, 5.41) is 94.7. The highest BCUT2D eigenvalue weighted by molar-refractivity contribution is 5.98. The van der Waals surface area contributed by atoms with Crippen LogP contribution in [0.2, 0.25) is 0 Å². The van der Waals surface area contributed by atoms with Crippen LogP contribution in [0.3, 0.4) is 0 Å². The Kier molecular flexibility index (Phi) is 12.5. The van der Waals surface area contributed by atoms with E-state index >= 15 is 0 Å². The van der Waals surface area contributed by atoms with Gasteiger partial charge in [0.25, 0.3) is 0 Å². The van der Waals surface area contributed by atoms with Gasteiger partial charge in [-0.15, -0.1) is 0 Å². The lowest BCUT2D eigenvalue weighted by molar-refractivity contribution is -0.277.